The van der Waals surface area contributed by atoms with Gasteiger partial charge in [0.1, 0.15) is 0 Å². The Kier molecular flexibility index (Phi) is 7.48. The van der Waals surface area contributed by atoms with Gasteiger partial charge in [-0.3, -0.25) is 0 Å². The Balaban J connectivity index is 2.52. The van der Waals surface area contributed by atoms with E-state index < -0.39 is 9.84 Å². The summed E-state index contributed by atoms with van der Waals surface area (Å²) in [7, 11) is -3.15. The summed E-state index contributed by atoms with van der Waals surface area (Å²) in [6, 6.07) is 6.89. The van der Waals surface area contributed by atoms with E-state index in [1.54, 1.807) is 12.1 Å². The molecular formula is C14H22N2O2S3. The van der Waals surface area contributed by atoms with Crippen LogP contribution in [0.15, 0.2) is 29.2 Å². The highest BCUT2D eigenvalue weighted by atomic mass is 32.2. The lowest BCUT2D eigenvalue weighted by molar-refractivity contribution is 0.601. The Morgan fingerprint density at radius 2 is 1.95 bits per heavy atom. The number of rotatable bonds is 7. The van der Waals surface area contributed by atoms with Crippen molar-refractivity contribution in [1.29, 1.82) is 0 Å². The molecule has 21 heavy (non-hydrogen) atoms. The molecule has 1 aromatic rings. The van der Waals surface area contributed by atoms with Gasteiger partial charge in [-0.1, -0.05) is 12.1 Å². The molecule has 0 spiro atoms. The zero-order valence-electron chi connectivity index (χ0n) is 12.5. The summed E-state index contributed by atoms with van der Waals surface area (Å²) >= 11 is 7.05. The fourth-order valence-electron chi connectivity index (χ4n) is 1.75. The van der Waals surface area contributed by atoms with Crippen LogP contribution in [0.2, 0.25) is 0 Å². The summed E-state index contributed by atoms with van der Waals surface area (Å²) in [5.74, 6) is 1.11. The minimum Gasteiger partial charge on any atom is -0.363 e. The van der Waals surface area contributed by atoms with Crippen molar-refractivity contribution >= 4 is 38.9 Å². The molecule has 0 saturated carbocycles. The minimum atomic E-state index is -3.15. The molecule has 0 amide bonds. The predicted molar refractivity (Wildman–Crippen MR) is 94.7 cm³/mol. The van der Waals surface area contributed by atoms with Crippen LogP contribution in [0.4, 0.5) is 0 Å². The molecular weight excluding hydrogens is 324 g/mol. The van der Waals surface area contributed by atoms with E-state index in [-0.39, 0.29) is 6.04 Å². The zero-order chi connectivity index (χ0) is 15.9. The molecule has 1 atom stereocenters. The van der Waals surface area contributed by atoms with Crippen LogP contribution in [0.1, 0.15) is 24.9 Å². The number of hydrogen-bond acceptors (Lipinski definition) is 4. The van der Waals surface area contributed by atoms with E-state index in [1.165, 1.54) is 6.26 Å². The van der Waals surface area contributed by atoms with Crippen LogP contribution in [0.25, 0.3) is 0 Å². The van der Waals surface area contributed by atoms with E-state index in [0.29, 0.717) is 10.0 Å². The smallest absolute Gasteiger partial charge is 0.175 e. The lowest BCUT2D eigenvalue weighted by Crippen LogP contribution is -2.37. The zero-order valence-corrected chi connectivity index (χ0v) is 15.0. The summed E-state index contributed by atoms with van der Waals surface area (Å²) in [5.41, 5.74) is 0.996. The second kappa shape index (κ2) is 8.60. The molecule has 0 aliphatic heterocycles. The molecule has 118 valence electrons. The van der Waals surface area contributed by atoms with Crippen LogP contribution in [-0.4, -0.2) is 38.3 Å². The second-order valence-corrected chi connectivity index (χ2v) is 8.22. The van der Waals surface area contributed by atoms with Gasteiger partial charge >= 0.3 is 0 Å². The fraction of sp³-hybridized carbons (Fsp3) is 0.500. The van der Waals surface area contributed by atoms with Crippen molar-refractivity contribution < 1.29 is 8.42 Å². The molecule has 0 radical (unpaired) electrons. The van der Waals surface area contributed by atoms with Crippen LogP contribution in [-0.2, 0) is 9.84 Å². The van der Waals surface area contributed by atoms with E-state index in [9.17, 15) is 8.42 Å². The molecule has 0 aromatic heterocycles. The molecule has 0 heterocycles. The third kappa shape index (κ3) is 6.67. The highest BCUT2D eigenvalue weighted by Crippen LogP contribution is 2.16. The molecule has 0 aliphatic rings. The molecule has 2 N–H and O–H groups in total. The van der Waals surface area contributed by atoms with Crippen molar-refractivity contribution in [2.75, 3.05) is 24.8 Å². The van der Waals surface area contributed by atoms with Crippen molar-refractivity contribution in [3.8, 4) is 0 Å². The van der Waals surface area contributed by atoms with E-state index >= 15 is 0 Å². The quantitative estimate of drug-likeness (QED) is 0.584. The van der Waals surface area contributed by atoms with Gasteiger partial charge in [-0.05, 0) is 55.3 Å². The number of nitrogens with one attached hydrogen (secondary N) is 2. The van der Waals surface area contributed by atoms with Crippen LogP contribution in [0.3, 0.4) is 0 Å². The number of thiocarbonyl (C=S) groups is 1. The number of benzene rings is 1. The second-order valence-electron chi connectivity index (χ2n) is 4.81. The first-order valence-electron chi connectivity index (χ1n) is 6.68. The molecule has 0 fully saturated rings. The maximum atomic E-state index is 11.4. The van der Waals surface area contributed by atoms with Gasteiger partial charge in [0.25, 0.3) is 0 Å². The Labute approximate surface area is 137 Å². The maximum absolute atomic E-state index is 11.4. The largest absolute Gasteiger partial charge is 0.363 e. The van der Waals surface area contributed by atoms with Crippen LogP contribution in [0.5, 0.6) is 0 Å². The van der Waals surface area contributed by atoms with Crippen molar-refractivity contribution in [2.45, 2.75) is 24.3 Å². The molecule has 1 rings (SSSR count). The Morgan fingerprint density at radius 1 is 1.33 bits per heavy atom. The number of thioether (sulfide) groups is 1. The van der Waals surface area contributed by atoms with Gasteiger partial charge in [-0.25, -0.2) is 8.42 Å². The normalized spacial score (nSPS) is 12.7. The monoisotopic (exact) mass is 346 g/mol. The summed E-state index contributed by atoms with van der Waals surface area (Å²) in [6.07, 6.45) is 4.36. The van der Waals surface area contributed by atoms with Gasteiger partial charge in [0.2, 0.25) is 0 Å². The van der Waals surface area contributed by atoms with Crippen LogP contribution in [0, 0.1) is 0 Å². The highest BCUT2D eigenvalue weighted by molar-refractivity contribution is 7.98. The molecule has 0 unspecified atom stereocenters. The summed E-state index contributed by atoms with van der Waals surface area (Å²) in [5, 5.41) is 6.98. The molecule has 0 aliphatic carbocycles. The van der Waals surface area contributed by atoms with E-state index in [0.717, 1.165) is 24.3 Å². The molecule has 1 aromatic carbocycles. The maximum Gasteiger partial charge on any atom is 0.175 e. The van der Waals surface area contributed by atoms with Gasteiger partial charge < -0.3 is 10.6 Å². The van der Waals surface area contributed by atoms with Crippen LogP contribution < -0.4 is 10.6 Å². The molecule has 0 bridgehead atoms. The van der Waals surface area contributed by atoms with Gasteiger partial charge in [-0.15, -0.1) is 0 Å². The lowest BCUT2D eigenvalue weighted by Gasteiger charge is -2.17. The van der Waals surface area contributed by atoms with Crippen molar-refractivity contribution in [2.24, 2.45) is 0 Å². The SMILES string of the molecule is CSCCCNC(=S)N[C@@H](C)c1ccc(S(C)(=O)=O)cc1. The number of hydrogen-bond donors (Lipinski definition) is 2. The predicted octanol–water partition coefficient (Wildman–Crippen LogP) is 2.37. The molecule has 7 heteroatoms. The minimum absolute atomic E-state index is 0.0270. The molecule has 0 saturated heterocycles. The standard InChI is InChI=1S/C14H22N2O2S3/c1-11(16-14(19)15-9-4-10-20-2)12-5-7-13(8-6-12)21(3,17)18/h5-8,11H,4,9-10H2,1-3H3,(H2,15,16,19)/t11-/m0/s1. The van der Waals surface area contributed by atoms with Crippen LogP contribution >= 0.6 is 24.0 Å². The first-order chi connectivity index (χ1) is 9.84. The Bertz CT molecular complexity index is 556. The third-order valence-electron chi connectivity index (χ3n) is 2.97. The fourth-order valence-corrected chi connectivity index (χ4v) is 3.10. The Morgan fingerprint density at radius 3 is 2.48 bits per heavy atom. The van der Waals surface area contributed by atoms with E-state index in [1.807, 2.05) is 30.8 Å². The average molecular weight is 347 g/mol. The van der Waals surface area contributed by atoms with Gasteiger partial charge in [-0.2, -0.15) is 11.8 Å². The highest BCUT2D eigenvalue weighted by Gasteiger charge is 2.10. The van der Waals surface area contributed by atoms with Crippen molar-refractivity contribution in [3.05, 3.63) is 29.8 Å². The first kappa shape index (κ1) is 18.3. The molecule has 4 nitrogen and oxygen atoms in total. The first-order valence-corrected chi connectivity index (χ1v) is 10.4. The van der Waals surface area contributed by atoms with Crippen molar-refractivity contribution in [3.63, 3.8) is 0 Å². The number of sulfone groups is 1. The Hall–Kier alpha value is -0.790. The average Bonchev–Trinajstić information content (AvgIpc) is 2.43. The lowest BCUT2D eigenvalue weighted by atomic mass is 10.1. The van der Waals surface area contributed by atoms with E-state index in [2.05, 4.69) is 16.9 Å². The van der Waals surface area contributed by atoms with E-state index in [4.69, 9.17) is 12.2 Å². The van der Waals surface area contributed by atoms with Crippen molar-refractivity contribution in [1.82, 2.24) is 10.6 Å². The summed E-state index contributed by atoms with van der Waals surface area (Å²) in [4.78, 5) is 0.330. The third-order valence-corrected chi connectivity index (χ3v) is 5.05. The van der Waals surface area contributed by atoms with Gasteiger partial charge in [0, 0.05) is 12.8 Å². The van der Waals surface area contributed by atoms with Gasteiger partial charge in [0.05, 0.1) is 10.9 Å². The summed E-state index contributed by atoms with van der Waals surface area (Å²) < 4.78 is 22.8. The topological polar surface area (TPSA) is 58.2 Å². The summed E-state index contributed by atoms with van der Waals surface area (Å²) in [6.45, 7) is 2.84. The van der Waals surface area contributed by atoms with Gasteiger partial charge in [0.15, 0.2) is 14.9 Å².